The zero-order chi connectivity index (χ0) is 13.7. The SMILES string of the molecule is C=CCn1cc(C)nc1NCCc1cccc(C)c1. The molecule has 2 aromatic rings. The number of allylic oxidation sites excluding steroid dienone is 1. The molecule has 1 aromatic carbocycles. The van der Waals surface area contributed by atoms with Gasteiger partial charge in [-0.1, -0.05) is 35.9 Å². The first-order chi connectivity index (χ1) is 9.19. The summed E-state index contributed by atoms with van der Waals surface area (Å²) >= 11 is 0. The molecule has 0 radical (unpaired) electrons. The van der Waals surface area contributed by atoms with Gasteiger partial charge in [-0.25, -0.2) is 4.98 Å². The third-order valence-electron chi connectivity index (χ3n) is 3.00. The largest absolute Gasteiger partial charge is 0.355 e. The number of hydrogen-bond donors (Lipinski definition) is 1. The molecule has 0 bridgehead atoms. The molecule has 3 nitrogen and oxygen atoms in total. The normalized spacial score (nSPS) is 10.4. The number of nitrogens with zero attached hydrogens (tertiary/aromatic N) is 2. The van der Waals surface area contributed by atoms with Gasteiger partial charge in [0, 0.05) is 19.3 Å². The van der Waals surface area contributed by atoms with E-state index in [2.05, 4.69) is 52.6 Å². The summed E-state index contributed by atoms with van der Waals surface area (Å²) in [5.41, 5.74) is 3.69. The minimum absolute atomic E-state index is 0.785. The maximum absolute atomic E-state index is 4.48. The Bertz CT molecular complexity index is 555. The van der Waals surface area contributed by atoms with Crippen LogP contribution < -0.4 is 5.32 Å². The van der Waals surface area contributed by atoms with Crippen LogP contribution in [0.4, 0.5) is 5.95 Å². The molecule has 100 valence electrons. The third-order valence-corrected chi connectivity index (χ3v) is 3.00. The first-order valence-corrected chi connectivity index (χ1v) is 6.63. The maximum Gasteiger partial charge on any atom is 0.203 e. The number of imidazole rings is 1. The number of rotatable bonds is 6. The van der Waals surface area contributed by atoms with Gasteiger partial charge in [0.25, 0.3) is 0 Å². The highest BCUT2D eigenvalue weighted by Crippen LogP contribution is 2.09. The highest BCUT2D eigenvalue weighted by molar-refractivity contribution is 5.30. The van der Waals surface area contributed by atoms with Gasteiger partial charge in [0.1, 0.15) is 0 Å². The first-order valence-electron chi connectivity index (χ1n) is 6.63. The summed E-state index contributed by atoms with van der Waals surface area (Å²) in [6.07, 6.45) is 4.92. The molecule has 19 heavy (non-hydrogen) atoms. The quantitative estimate of drug-likeness (QED) is 0.802. The van der Waals surface area contributed by atoms with Crippen LogP contribution in [-0.4, -0.2) is 16.1 Å². The van der Waals surface area contributed by atoms with Gasteiger partial charge in [-0.3, -0.25) is 0 Å². The molecule has 0 aliphatic carbocycles. The number of hydrogen-bond acceptors (Lipinski definition) is 2. The Morgan fingerprint density at radius 2 is 2.21 bits per heavy atom. The number of benzene rings is 1. The Labute approximate surface area is 115 Å². The predicted molar refractivity (Wildman–Crippen MR) is 80.5 cm³/mol. The molecule has 2 rings (SSSR count). The molecule has 3 heteroatoms. The van der Waals surface area contributed by atoms with Crippen molar-refractivity contribution >= 4 is 5.95 Å². The van der Waals surface area contributed by atoms with E-state index in [1.54, 1.807) is 0 Å². The van der Waals surface area contributed by atoms with Crippen molar-refractivity contribution in [2.45, 2.75) is 26.8 Å². The van der Waals surface area contributed by atoms with Crippen LogP contribution in [0, 0.1) is 13.8 Å². The van der Waals surface area contributed by atoms with E-state index in [1.165, 1.54) is 11.1 Å². The van der Waals surface area contributed by atoms with Gasteiger partial charge in [-0.15, -0.1) is 6.58 Å². The molecule has 0 saturated heterocycles. The lowest BCUT2D eigenvalue weighted by Gasteiger charge is -2.08. The lowest BCUT2D eigenvalue weighted by molar-refractivity contribution is 0.816. The predicted octanol–water partition coefficient (Wildman–Crippen LogP) is 3.34. The van der Waals surface area contributed by atoms with Crippen molar-refractivity contribution in [1.82, 2.24) is 9.55 Å². The monoisotopic (exact) mass is 255 g/mol. The average molecular weight is 255 g/mol. The van der Waals surface area contributed by atoms with E-state index in [9.17, 15) is 0 Å². The van der Waals surface area contributed by atoms with Crippen LogP contribution in [0.15, 0.2) is 43.1 Å². The summed E-state index contributed by atoms with van der Waals surface area (Å²) in [5.74, 6) is 0.921. The average Bonchev–Trinajstić information content (AvgIpc) is 2.70. The minimum Gasteiger partial charge on any atom is -0.355 e. The number of aryl methyl sites for hydroxylation is 2. The van der Waals surface area contributed by atoms with Crippen LogP contribution in [-0.2, 0) is 13.0 Å². The van der Waals surface area contributed by atoms with Crippen molar-refractivity contribution in [3.8, 4) is 0 Å². The van der Waals surface area contributed by atoms with Crippen LogP contribution in [0.5, 0.6) is 0 Å². The van der Waals surface area contributed by atoms with Gasteiger partial charge in [-0.05, 0) is 25.8 Å². The second kappa shape index (κ2) is 6.23. The second-order valence-corrected chi connectivity index (χ2v) is 4.81. The molecule has 1 heterocycles. The minimum atomic E-state index is 0.785. The van der Waals surface area contributed by atoms with E-state index in [0.717, 1.165) is 31.2 Å². The standard InChI is InChI=1S/C16H21N3/c1-4-10-19-12-14(3)18-16(19)17-9-8-15-7-5-6-13(2)11-15/h4-7,11-12H,1,8-10H2,2-3H3,(H,17,18). The molecule has 1 aromatic heterocycles. The van der Waals surface area contributed by atoms with Gasteiger partial charge < -0.3 is 9.88 Å². The second-order valence-electron chi connectivity index (χ2n) is 4.81. The molecule has 0 amide bonds. The third kappa shape index (κ3) is 3.71. The number of anilines is 1. The van der Waals surface area contributed by atoms with Crippen LogP contribution in [0.25, 0.3) is 0 Å². The molecule has 0 fully saturated rings. The summed E-state index contributed by atoms with van der Waals surface area (Å²) in [6.45, 7) is 9.57. The van der Waals surface area contributed by atoms with Gasteiger partial charge in [0.2, 0.25) is 5.95 Å². The zero-order valence-electron chi connectivity index (χ0n) is 11.7. The summed E-state index contributed by atoms with van der Waals surface area (Å²) in [6, 6.07) is 8.61. The number of aromatic nitrogens is 2. The molecule has 0 saturated carbocycles. The van der Waals surface area contributed by atoms with Crippen molar-refractivity contribution in [3.05, 3.63) is 59.9 Å². The fourth-order valence-corrected chi connectivity index (χ4v) is 2.15. The lowest BCUT2D eigenvalue weighted by Crippen LogP contribution is -2.10. The Morgan fingerprint density at radius 1 is 1.37 bits per heavy atom. The Balaban J connectivity index is 1.93. The Kier molecular flexibility index (Phi) is 4.39. The van der Waals surface area contributed by atoms with Crippen LogP contribution in [0.2, 0.25) is 0 Å². The Morgan fingerprint density at radius 3 is 2.95 bits per heavy atom. The summed E-state index contributed by atoms with van der Waals surface area (Å²) in [7, 11) is 0. The van der Waals surface area contributed by atoms with E-state index in [0.29, 0.717) is 0 Å². The zero-order valence-corrected chi connectivity index (χ0v) is 11.7. The van der Waals surface area contributed by atoms with E-state index in [1.807, 2.05) is 19.2 Å². The van der Waals surface area contributed by atoms with Crippen molar-refractivity contribution in [3.63, 3.8) is 0 Å². The van der Waals surface area contributed by atoms with Crippen molar-refractivity contribution in [2.24, 2.45) is 0 Å². The van der Waals surface area contributed by atoms with E-state index >= 15 is 0 Å². The maximum atomic E-state index is 4.48. The smallest absolute Gasteiger partial charge is 0.203 e. The number of nitrogens with one attached hydrogen (secondary N) is 1. The van der Waals surface area contributed by atoms with Gasteiger partial charge in [0.05, 0.1) is 5.69 Å². The molecule has 0 spiro atoms. The van der Waals surface area contributed by atoms with Gasteiger partial charge in [-0.2, -0.15) is 0 Å². The van der Waals surface area contributed by atoms with E-state index < -0.39 is 0 Å². The molecular formula is C16H21N3. The summed E-state index contributed by atoms with van der Waals surface area (Å²) < 4.78 is 2.08. The molecule has 0 unspecified atom stereocenters. The van der Waals surface area contributed by atoms with Gasteiger partial charge >= 0.3 is 0 Å². The summed E-state index contributed by atoms with van der Waals surface area (Å²) in [4.78, 5) is 4.48. The highest BCUT2D eigenvalue weighted by Gasteiger charge is 2.03. The van der Waals surface area contributed by atoms with Crippen LogP contribution >= 0.6 is 0 Å². The molecule has 1 N–H and O–H groups in total. The molecule has 0 atom stereocenters. The Hall–Kier alpha value is -2.03. The van der Waals surface area contributed by atoms with E-state index in [4.69, 9.17) is 0 Å². The van der Waals surface area contributed by atoms with Crippen LogP contribution in [0.1, 0.15) is 16.8 Å². The van der Waals surface area contributed by atoms with Gasteiger partial charge in [0.15, 0.2) is 0 Å². The van der Waals surface area contributed by atoms with Crippen molar-refractivity contribution < 1.29 is 0 Å². The fourth-order valence-electron chi connectivity index (χ4n) is 2.15. The highest BCUT2D eigenvalue weighted by atomic mass is 15.2. The fraction of sp³-hybridized carbons (Fsp3) is 0.312. The van der Waals surface area contributed by atoms with Crippen molar-refractivity contribution in [2.75, 3.05) is 11.9 Å². The van der Waals surface area contributed by atoms with E-state index in [-0.39, 0.29) is 0 Å². The lowest BCUT2D eigenvalue weighted by atomic mass is 10.1. The molecule has 0 aliphatic heterocycles. The topological polar surface area (TPSA) is 29.9 Å². The van der Waals surface area contributed by atoms with Crippen LogP contribution in [0.3, 0.4) is 0 Å². The summed E-state index contributed by atoms with van der Waals surface area (Å²) in [5, 5.41) is 3.39. The molecule has 0 aliphatic rings. The van der Waals surface area contributed by atoms with Crippen molar-refractivity contribution in [1.29, 1.82) is 0 Å². The molecular weight excluding hydrogens is 234 g/mol. The first kappa shape index (κ1) is 13.4.